The lowest BCUT2D eigenvalue weighted by atomic mass is 10.1. The largest absolute Gasteiger partial charge is 0.344 e. The predicted octanol–water partition coefficient (Wildman–Crippen LogP) is 1.68. The quantitative estimate of drug-likeness (QED) is 0.513. The maximum Gasteiger partial charge on any atom is 0.242 e. The highest BCUT2D eigenvalue weighted by Crippen LogP contribution is 2.22. The highest BCUT2D eigenvalue weighted by Gasteiger charge is 2.19. The molecule has 1 aliphatic rings. The van der Waals surface area contributed by atoms with Crippen molar-refractivity contribution in [2.45, 2.75) is 19.4 Å². The average Bonchev–Trinajstić information content (AvgIpc) is 1.60. The van der Waals surface area contributed by atoms with Crippen molar-refractivity contribution >= 4 is 14.2 Å². The van der Waals surface area contributed by atoms with Crippen molar-refractivity contribution in [1.29, 1.82) is 0 Å². The van der Waals surface area contributed by atoms with Crippen molar-refractivity contribution < 1.29 is 4.79 Å². The van der Waals surface area contributed by atoms with Gasteiger partial charge >= 0.3 is 0 Å². The Kier molecular flexibility index (Phi) is 1.58. The SMILES string of the molecule is CC1(C)C=CPC(=O)N1. The molecule has 3 heteroatoms. The lowest BCUT2D eigenvalue weighted by Gasteiger charge is -2.24. The van der Waals surface area contributed by atoms with Gasteiger partial charge in [-0.2, -0.15) is 0 Å². The van der Waals surface area contributed by atoms with Gasteiger partial charge in [-0.3, -0.25) is 4.79 Å². The average molecular weight is 143 g/mol. The molecule has 1 heterocycles. The number of carbonyl (C=O) groups excluding carboxylic acids is 1. The highest BCUT2D eigenvalue weighted by atomic mass is 31.1. The van der Waals surface area contributed by atoms with Gasteiger partial charge in [-0.15, -0.1) is 0 Å². The summed E-state index contributed by atoms with van der Waals surface area (Å²) in [4.78, 5) is 10.7. The molecule has 9 heavy (non-hydrogen) atoms. The zero-order valence-electron chi connectivity index (χ0n) is 5.56. The number of nitrogens with one attached hydrogen (secondary N) is 1. The third-order valence-corrected chi connectivity index (χ3v) is 1.87. The van der Waals surface area contributed by atoms with Gasteiger partial charge in [0.15, 0.2) is 0 Å². The fourth-order valence-electron chi connectivity index (χ4n) is 0.696. The van der Waals surface area contributed by atoms with E-state index in [-0.39, 0.29) is 11.2 Å². The lowest BCUT2D eigenvalue weighted by molar-refractivity contribution is 0.254. The van der Waals surface area contributed by atoms with Crippen molar-refractivity contribution in [3.05, 3.63) is 11.9 Å². The Hall–Kier alpha value is -0.360. The van der Waals surface area contributed by atoms with Crippen molar-refractivity contribution in [2.24, 2.45) is 0 Å². The summed E-state index contributed by atoms with van der Waals surface area (Å²) in [6.07, 6.45) is 2.02. The van der Waals surface area contributed by atoms with E-state index in [4.69, 9.17) is 0 Å². The molecule has 50 valence electrons. The zero-order chi connectivity index (χ0) is 6.91. The van der Waals surface area contributed by atoms with Crippen LogP contribution in [0.3, 0.4) is 0 Å². The van der Waals surface area contributed by atoms with E-state index < -0.39 is 0 Å². The van der Waals surface area contributed by atoms with E-state index in [2.05, 4.69) is 5.32 Å². The molecule has 0 aromatic rings. The summed E-state index contributed by atoms with van der Waals surface area (Å²) in [5.74, 6) is 1.93. The van der Waals surface area contributed by atoms with Crippen LogP contribution in [0.5, 0.6) is 0 Å². The summed E-state index contributed by atoms with van der Waals surface area (Å²) >= 11 is 0. The van der Waals surface area contributed by atoms with Crippen LogP contribution in [0.15, 0.2) is 11.9 Å². The van der Waals surface area contributed by atoms with Crippen LogP contribution >= 0.6 is 8.58 Å². The minimum Gasteiger partial charge on any atom is -0.344 e. The monoisotopic (exact) mass is 143 g/mol. The number of hydrogen-bond donors (Lipinski definition) is 1. The molecule has 1 aliphatic heterocycles. The molecule has 1 N–H and O–H groups in total. The molecule has 0 saturated carbocycles. The van der Waals surface area contributed by atoms with Gasteiger partial charge in [-0.1, -0.05) is 11.9 Å². The maximum atomic E-state index is 10.7. The van der Waals surface area contributed by atoms with E-state index in [1.54, 1.807) is 0 Å². The van der Waals surface area contributed by atoms with Gasteiger partial charge in [0.1, 0.15) is 0 Å². The van der Waals surface area contributed by atoms with Crippen LogP contribution in [-0.2, 0) is 0 Å². The molecule has 1 amide bonds. The standard InChI is InChI=1S/C6H10NOP/c1-6(2)3-4-9-5(8)7-6/h3-4,9H,1-2H3,(H,7,8). The van der Waals surface area contributed by atoms with Crippen molar-refractivity contribution in [3.63, 3.8) is 0 Å². The Bertz CT molecular complexity index is 162. The van der Waals surface area contributed by atoms with Crippen LogP contribution in [0.1, 0.15) is 13.8 Å². The normalized spacial score (nSPS) is 26.2. The Morgan fingerprint density at radius 2 is 2.33 bits per heavy atom. The van der Waals surface area contributed by atoms with Crippen LogP contribution in [0, 0.1) is 0 Å². The summed E-state index contributed by atoms with van der Waals surface area (Å²) in [5.41, 5.74) is 0.0185. The molecule has 0 bridgehead atoms. The summed E-state index contributed by atoms with van der Waals surface area (Å²) < 4.78 is 0. The first-order valence-corrected chi connectivity index (χ1v) is 3.94. The first-order chi connectivity index (χ1) is 4.10. The molecule has 0 spiro atoms. The molecule has 0 aromatic carbocycles. The summed E-state index contributed by atoms with van der Waals surface area (Å²) in [5, 5.41) is 2.84. The van der Waals surface area contributed by atoms with Crippen molar-refractivity contribution in [1.82, 2.24) is 5.32 Å². The topological polar surface area (TPSA) is 29.1 Å². The molecular weight excluding hydrogens is 133 g/mol. The summed E-state index contributed by atoms with van der Waals surface area (Å²) in [6, 6.07) is 0. The van der Waals surface area contributed by atoms with Crippen LogP contribution in [0.4, 0.5) is 4.79 Å². The second-order valence-corrected chi connectivity index (χ2v) is 3.73. The van der Waals surface area contributed by atoms with E-state index in [1.807, 2.05) is 25.7 Å². The molecular formula is C6H10NOP. The molecule has 2 nitrogen and oxygen atoms in total. The first kappa shape index (κ1) is 6.76. The molecule has 0 aromatic heterocycles. The van der Waals surface area contributed by atoms with E-state index in [1.165, 1.54) is 0 Å². The maximum absolute atomic E-state index is 10.7. The second-order valence-electron chi connectivity index (χ2n) is 2.65. The van der Waals surface area contributed by atoms with Crippen molar-refractivity contribution in [2.75, 3.05) is 0 Å². The minimum absolute atomic E-state index is 0.123. The first-order valence-electron chi connectivity index (χ1n) is 2.86. The lowest BCUT2D eigenvalue weighted by Crippen LogP contribution is -2.40. The highest BCUT2D eigenvalue weighted by molar-refractivity contribution is 7.60. The number of carbonyl (C=O) groups is 1. The molecule has 1 unspecified atom stereocenters. The number of hydrogen-bond acceptors (Lipinski definition) is 1. The second kappa shape index (κ2) is 2.11. The molecule has 0 aliphatic carbocycles. The molecule has 1 rings (SSSR count). The zero-order valence-corrected chi connectivity index (χ0v) is 6.56. The fourth-order valence-corrected chi connectivity index (χ4v) is 1.74. The van der Waals surface area contributed by atoms with Gasteiger partial charge in [0.05, 0.1) is 5.54 Å². The molecule has 1 atom stereocenters. The summed E-state index contributed by atoms with van der Waals surface area (Å²) in [6.45, 7) is 3.95. The fraction of sp³-hybridized carbons (Fsp3) is 0.500. The Morgan fingerprint density at radius 1 is 1.67 bits per heavy atom. The van der Waals surface area contributed by atoms with Gasteiger partial charge in [-0.25, -0.2) is 0 Å². The van der Waals surface area contributed by atoms with E-state index in [0.717, 1.165) is 0 Å². The Morgan fingerprint density at radius 3 is 2.67 bits per heavy atom. The van der Waals surface area contributed by atoms with E-state index in [9.17, 15) is 4.79 Å². The van der Waals surface area contributed by atoms with Gasteiger partial charge in [0.25, 0.3) is 0 Å². The molecule has 0 saturated heterocycles. The van der Waals surface area contributed by atoms with Crippen LogP contribution < -0.4 is 5.32 Å². The van der Waals surface area contributed by atoms with Gasteiger partial charge in [-0.05, 0) is 22.4 Å². The Balaban J connectivity index is 2.71. The van der Waals surface area contributed by atoms with Gasteiger partial charge in [0, 0.05) is 0 Å². The van der Waals surface area contributed by atoms with Crippen molar-refractivity contribution in [3.8, 4) is 0 Å². The smallest absolute Gasteiger partial charge is 0.242 e. The van der Waals surface area contributed by atoms with Gasteiger partial charge < -0.3 is 5.32 Å². The number of rotatable bonds is 0. The van der Waals surface area contributed by atoms with Gasteiger partial charge in [0.2, 0.25) is 5.65 Å². The van der Waals surface area contributed by atoms with Crippen LogP contribution in [0.2, 0.25) is 0 Å². The van der Waals surface area contributed by atoms with E-state index in [0.29, 0.717) is 8.58 Å². The number of amides is 1. The minimum atomic E-state index is -0.123. The molecule has 0 radical (unpaired) electrons. The predicted molar refractivity (Wildman–Crippen MR) is 40.1 cm³/mol. The third kappa shape index (κ3) is 1.79. The Labute approximate surface area is 56.5 Å². The third-order valence-electron chi connectivity index (χ3n) is 1.15. The molecule has 0 fully saturated rings. The van der Waals surface area contributed by atoms with Crippen LogP contribution in [-0.4, -0.2) is 11.2 Å². The van der Waals surface area contributed by atoms with E-state index >= 15 is 0 Å². The van der Waals surface area contributed by atoms with Crippen LogP contribution in [0.25, 0.3) is 0 Å². The summed E-state index contributed by atoms with van der Waals surface area (Å²) in [7, 11) is 0.312.